The fourth-order valence-electron chi connectivity index (χ4n) is 2.63. The molecule has 1 N–H and O–H groups in total. The van der Waals surface area contributed by atoms with Crippen LogP contribution in [0.4, 0.5) is 5.69 Å². The highest BCUT2D eigenvalue weighted by molar-refractivity contribution is 7.99. The molecule has 0 radical (unpaired) electrons. The van der Waals surface area contributed by atoms with Gasteiger partial charge < -0.3 is 19.4 Å². The predicted molar refractivity (Wildman–Crippen MR) is 114 cm³/mol. The van der Waals surface area contributed by atoms with Crippen molar-refractivity contribution in [2.24, 2.45) is 0 Å². The standard InChI is InChI=1S/C21H24N4O3S/c1-4-25-19(13-28-18-11-9-17(27-3)10-12-18)23-24-21(25)29-14-20(26)22-16-7-5-15(2)6-8-16/h5-12H,4,13-14H2,1-3H3,(H,22,26). The van der Waals surface area contributed by atoms with Crippen molar-refractivity contribution in [1.82, 2.24) is 14.8 Å². The van der Waals surface area contributed by atoms with Gasteiger partial charge in [-0.15, -0.1) is 10.2 Å². The second kappa shape index (κ2) is 9.97. The number of methoxy groups -OCH3 is 1. The SMILES string of the molecule is CCn1c(COc2ccc(OC)cc2)nnc1SCC(=O)Nc1ccc(C)cc1. The zero-order valence-corrected chi connectivity index (χ0v) is 17.5. The first kappa shape index (κ1) is 20.7. The average molecular weight is 413 g/mol. The van der Waals surface area contributed by atoms with E-state index in [4.69, 9.17) is 9.47 Å². The number of anilines is 1. The van der Waals surface area contributed by atoms with E-state index >= 15 is 0 Å². The van der Waals surface area contributed by atoms with E-state index in [0.29, 0.717) is 24.1 Å². The molecule has 0 aliphatic carbocycles. The minimum absolute atomic E-state index is 0.0828. The van der Waals surface area contributed by atoms with Gasteiger partial charge in [0.15, 0.2) is 11.0 Å². The smallest absolute Gasteiger partial charge is 0.234 e. The molecule has 1 aromatic heterocycles. The van der Waals surface area contributed by atoms with Gasteiger partial charge in [0.05, 0.1) is 12.9 Å². The lowest BCUT2D eigenvalue weighted by molar-refractivity contribution is -0.113. The maximum absolute atomic E-state index is 12.2. The Bertz CT molecular complexity index is 940. The summed E-state index contributed by atoms with van der Waals surface area (Å²) in [6.45, 7) is 5.01. The highest BCUT2D eigenvalue weighted by Crippen LogP contribution is 2.21. The van der Waals surface area contributed by atoms with E-state index in [0.717, 1.165) is 22.7 Å². The van der Waals surface area contributed by atoms with Crippen molar-refractivity contribution in [2.75, 3.05) is 18.2 Å². The second-order valence-corrected chi connectivity index (χ2v) is 7.25. The predicted octanol–water partition coefficient (Wildman–Crippen LogP) is 3.92. The Morgan fingerprint density at radius 3 is 2.41 bits per heavy atom. The molecule has 3 rings (SSSR count). The largest absolute Gasteiger partial charge is 0.497 e. The molecule has 3 aromatic rings. The molecule has 29 heavy (non-hydrogen) atoms. The summed E-state index contributed by atoms with van der Waals surface area (Å²) in [4.78, 5) is 12.2. The van der Waals surface area contributed by atoms with E-state index in [1.807, 2.05) is 66.9 Å². The summed E-state index contributed by atoms with van der Waals surface area (Å²) in [7, 11) is 1.62. The summed E-state index contributed by atoms with van der Waals surface area (Å²) in [5.41, 5.74) is 1.93. The molecule has 8 heteroatoms. The molecule has 0 fully saturated rings. The van der Waals surface area contributed by atoms with E-state index in [9.17, 15) is 4.79 Å². The zero-order valence-electron chi connectivity index (χ0n) is 16.7. The Balaban J connectivity index is 1.55. The van der Waals surface area contributed by atoms with Gasteiger partial charge in [0, 0.05) is 12.2 Å². The van der Waals surface area contributed by atoms with Gasteiger partial charge in [-0.25, -0.2) is 0 Å². The number of aryl methyl sites for hydroxylation is 1. The monoisotopic (exact) mass is 412 g/mol. The van der Waals surface area contributed by atoms with Gasteiger partial charge in [0.25, 0.3) is 0 Å². The first-order valence-electron chi connectivity index (χ1n) is 9.27. The summed E-state index contributed by atoms with van der Waals surface area (Å²) in [5.74, 6) is 2.39. The van der Waals surface area contributed by atoms with E-state index in [1.165, 1.54) is 11.8 Å². The van der Waals surface area contributed by atoms with Gasteiger partial charge in [-0.1, -0.05) is 29.5 Å². The van der Waals surface area contributed by atoms with Crippen LogP contribution in [0.15, 0.2) is 53.7 Å². The van der Waals surface area contributed by atoms with E-state index in [2.05, 4.69) is 15.5 Å². The summed E-state index contributed by atoms with van der Waals surface area (Å²) in [6.07, 6.45) is 0. The number of carbonyl (C=O) groups excluding carboxylic acids is 1. The van der Waals surface area contributed by atoms with Crippen LogP contribution in [0.25, 0.3) is 0 Å². The van der Waals surface area contributed by atoms with Crippen LogP contribution in [-0.2, 0) is 17.9 Å². The molecule has 0 bridgehead atoms. The maximum Gasteiger partial charge on any atom is 0.234 e. The van der Waals surface area contributed by atoms with E-state index < -0.39 is 0 Å². The van der Waals surface area contributed by atoms with Crippen LogP contribution < -0.4 is 14.8 Å². The topological polar surface area (TPSA) is 78.3 Å². The molecule has 0 saturated carbocycles. The Labute approximate surface area is 174 Å². The fraction of sp³-hybridized carbons (Fsp3) is 0.286. The summed E-state index contributed by atoms with van der Waals surface area (Å²) in [6, 6.07) is 15.1. The number of ether oxygens (including phenoxy) is 2. The summed E-state index contributed by atoms with van der Waals surface area (Å²) >= 11 is 1.35. The molecular formula is C21H24N4O3S. The number of thioether (sulfide) groups is 1. The minimum Gasteiger partial charge on any atom is -0.497 e. The molecule has 7 nitrogen and oxygen atoms in total. The molecule has 0 aliphatic heterocycles. The van der Waals surface area contributed by atoms with Crippen LogP contribution in [-0.4, -0.2) is 33.5 Å². The van der Waals surface area contributed by atoms with Gasteiger partial charge in [-0.2, -0.15) is 0 Å². The lowest BCUT2D eigenvalue weighted by atomic mass is 10.2. The molecule has 152 valence electrons. The second-order valence-electron chi connectivity index (χ2n) is 6.31. The normalized spacial score (nSPS) is 10.6. The molecular weight excluding hydrogens is 388 g/mol. The molecule has 0 aliphatic rings. The number of carbonyl (C=O) groups is 1. The molecule has 0 saturated heterocycles. The molecule has 0 unspecified atom stereocenters. The molecule has 1 amide bonds. The highest BCUT2D eigenvalue weighted by Gasteiger charge is 2.14. The van der Waals surface area contributed by atoms with Crippen molar-refractivity contribution < 1.29 is 14.3 Å². The van der Waals surface area contributed by atoms with Gasteiger partial charge in [-0.05, 0) is 50.2 Å². The number of aromatic nitrogens is 3. The maximum atomic E-state index is 12.2. The third kappa shape index (κ3) is 5.74. The van der Waals surface area contributed by atoms with E-state index in [-0.39, 0.29) is 11.7 Å². The van der Waals surface area contributed by atoms with Crippen molar-refractivity contribution in [2.45, 2.75) is 32.2 Å². The third-order valence-corrected chi connectivity index (χ3v) is 5.17. The molecule has 1 heterocycles. The Morgan fingerprint density at radius 1 is 1.07 bits per heavy atom. The Hall–Kier alpha value is -3.00. The van der Waals surface area contributed by atoms with Crippen LogP contribution in [0, 0.1) is 6.92 Å². The quantitative estimate of drug-likeness (QED) is 0.537. The number of benzene rings is 2. The fourth-order valence-corrected chi connectivity index (χ4v) is 3.46. The van der Waals surface area contributed by atoms with Crippen LogP contribution in [0.2, 0.25) is 0 Å². The number of nitrogens with zero attached hydrogens (tertiary/aromatic N) is 3. The van der Waals surface area contributed by atoms with Crippen LogP contribution in [0.5, 0.6) is 11.5 Å². The first-order chi connectivity index (χ1) is 14.1. The zero-order chi connectivity index (χ0) is 20.6. The Morgan fingerprint density at radius 2 is 1.76 bits per heavy atom. The summed E-state index contributed by atoms with van der Waals surface area (Å²) < 4.78 is 12.9. The Kier molecular flexibility index (Phi) is 7.13. The third-order valence-electron chi connectivity index (χ3n) is 4.20. The van der Waals surface area contributed by atoms with Crippen molar-refractivity contribution in [3.8, 4) is 11.5 Å². The van der Waals surface area contributed by atoms with Crippen LogP contribution in [0.1, 0.15) is 18.3 Å². The van der Waals surface area contributed by atoms with Crippen molar-refractivity contribution in [3.05, 3.63) is 59.9 Å². The number of hydrogen-bond acceptors (Lipinski definition) is 6. The van der Waals surface area contributed by atoms with E-state index in [1.54, 1.807) is 7.11 Å². The number of rotatable bonds is 9. The van der Waals surface area contributed by atoms with Crippen molar-refractivity contribution in [3.63, 3.8) is 0 Å². The van der Waals surface area contributed by atoms with Crippen LogP contribution >= 0.6 is 11.8 Å². The van der Waals surface area contributed by atoms with Gasteiger partial charge >= 0.3 is 0 Å². The molecule has 0 atom stereocenters. The first-order valence-corrected chi connectivity index (χ1v) is 10.3. The number of hydrogen-bond donors (Lipinski definition) is 1. The van der Waals surface area contributed by atoms with Gasteiger partial charge in [-0.3, -0.25) is 4.79 Å². The lowest BCUT2D eigenvalue weighted by Crippen LogP contribution is -2.15. The van der Waals surface area contributed by atoms with Gasteiger partial charge in [0.2, 0.25) is 5.91 Å². The number of amides is 1. The highest BCUT2D eigenvalue weighted by atomic mass is 32.2. The summed E-state index contributed by atoms with van der Waals surface area (Å²) in [5, 5.41) is 12.0. The van der Waals surface area contributed by atoms with Crippen LogP contribution in [0.3, 0.4) is 0 Å². The minimum atomic E-state index is -0.0828. The lowest BCUT2D eigenvalue weighted by Gasteiger charge is -2.09. The van der Waals surface area contributed by atoms with Crippen molar-refractivity contribution in [1.29, 1.82) is 0 Å². The van der Waals surface area contributed by atoms with Crippen molar-refractivity contribution >= 4 is 23.4 Å². The molecule has 2 aromatic carbocycles. The van der Waals surface area contributed by atoms with Gasteiger partial charge in [0.1, 0.15) is 18.1 Å². The average Bonchev–Trinajstić information content (AvgIpc) is 3.14. The number of nitrogens with one attached hydrogen (secondary N) is 1. The molecule has 0 spiro atoms.